The third kappa shape index (κ3) is 3.72. The van der Waals surface area contributed by atoms with Crippen LogP contribution in [0.1, 0.15) is 50.5 Å². The number of hydrogen-bond donors (Lipinski definition) is 1. The number of hydrogen-bond acceptors (Lipinski definition) is 2. The van der Waals surface area contributed by atoms with E-state index >= 15 is 0 Å². The minimum absolute atomic E-state index is 0.497. The summed E-state index contributed by atoms with van der Waals surface area (Å²) in [6.45, 7) is 3.88. The van der Waals surface area contributed by atoms with Gasteiger partial charge in [0.15, 0.2) is 0 Å². The molecular formula is C20H32N2. The normalized spacial score (nSPS) is 29.8. The van der Waals surface area contributed by atoms with Crippen LogP contribution in [0.2, 0.25) is 0 Å². The van der Waals surface area contributed by atoms with Gasteiger partial charge in [0.05, 0.1) is 0 Å². The van der Waals surface area contributed by atoms with Gasteiger partial charge < -0.3 is 5.32 Å². The first-order valence-electron chi connectivity index (χ1n) is 9.26. The van der Waals surface area contributed by atoms with E-state index in [0.29, 0.717) is 5.54 Å². The summed E-state index contributed by atoms with van der Waals surface area (Å²) in [7, 11) is 2.09. The fraction of sp³-hybridized carbons (Fsp3) is 0.700. The van der Waals surface area contributed by atoms with Gasteiger partial charge in [-0.05, 0) is 89.5 Å². The molecule has 0 amide bonds. The topological polar surface area (TPSA) is 15.3 Å². The van der Waals surface area contributed by atoms with E-state index in [1.165, 1.54) is 76.6 Å². The molecular weight excluding hydrogens is 268 g/mol. The molecule has 122 valence electrons. The van der Waals surface area contributed by atoms with Crippen LogP contribution in [-0.4, -0.2) is 37.1 Å². The van der Waals surface area contributed by atoms with Crippen molar-refractivity contribution in [3.8, 4) is 0 Å². The summed E-state index contributed by atoms with van der Waals surface area (Å²) in [4.78, 5) is 2.85. The highest BCUT2D eigenvalue weighted by molar-refractivity contribution is 5.15. The number of likely N-dealkylation sites (tertiary alicyclic amines) is 1. The summed E-state index contributed by atoms with van der Waals surface area (Å²) in [5.41, 5.74) is 2.01. The predicted octanol–water partition coefficient (Wildman–Crippen LogP) is 3.86. The average Bonchev–Trinajstić information content (AvgIpc) is 3.11. The Kier molecular flexibility index (Phi) is 5.54. The van der Waals surface area contributed by atoms with Crippen molar-refractivity contribution in [3.05, 3.63) is 35.9 Å². The zero-order valence-corrected chi connectivity index (χ0v) is 14.2. The third-order valence-corrected chi connectivity index (χ3v) is 6.03. The Morgan fingerprint density at radius 3 is 2.41 bits per heavy atom. The van der Waals surface area contributed by atoms with Gasteiger partial charge in [0, 0.05) is 5.54 Å². The average molecular weight is 300 g/mol. The molecule has 22 heavy (non-hydrogen) atoms. The molecule has 1 saturated carbocycles. The fourth-order valence-corrected chi connectivity index (χ4v) is 4.65. The van der Waals surface area contributed by atoms with Gasteiger partial charge in [0.1, 0.15) is 0 Å². The summed E-state index contributed by atoms with van der Waals surface area (Å²) in [6, 6.07) is 11.1. The van der Waals surface area contributed by atoms with Crippen LogP contribution in [0.5, 0.6) is 0 Å². The second kappa shape index (κ2) is 7.61. The van der Waals surface area contributed by atoms with Crippen molar-refractivity contribution in [2.75, 3.05) is 26.7 Å². The van der Waals surface area contributed by atoms with E-state index in [4.69, 9.17) is 0 Å². The molecule has 1 N–H and O–H groups in total. The van der Waals surface area contributed by atoms with Crippen LogP contribution < -0.4 is 5.32 Å². The first-order chi connectivity index (χ1) is 10.8. The Hall–Kier alpha value is -0.860. The predicted molar refractivity (Wildman–Crippen MR) is 94.2 cm³/mol. The Bertz CT molecular complexity index is 428. The van der Waals surface area contributed by atoms with Crippen molar-refractivity contribution in [2.24, 2.45) is 5.92 Å². The molecule has 1 aromatic carbocycles. The van der Waals surface area contributed by atoms with Gasteiger partial charge in [0.2, 0.25) is 0 Å². The smallest absolute Gasteiger partial charge is 0.0213 e. The van der Waals surface area contributed by atoms with Crippen molar-refractivity contribution in [1.29, 1.82) is 0 Å². The van der Waals surface area contributed by atoms with Crippen LogP contribution in [0.4, 0.5) is 0 Å². The largest absolute Gasteiger partial charge is 0.319 e. The van der Waals surface area contributed by atoms with Gasteiger partial charge in [-0.2, -0.15) is 0 Å². The van der Waals surface area contributed by atoms with Crippen molar-refractivity contribution >= 4 is 0 Å². The van der Waals surface area contributed by atoms with Crippen molar-refractivity contribution in [1.82, 2.24) is 10.2 Å². The lowest BCUT2D eigenvalue weighted by Gasteiger charge is -2.47. The van der Waals surface area contributed by atoms with E-state index in [1.807, 2.05) is 0 Å². The minimum Gasteiger partial charge on any atom is -0.319 e. The summed E-state index contributed by atoms with van der Waals surface area (Å²) in [6.07, 6.45) is 11.0. The van der Waals surface area contributed by atoms with E-state index in [-0.39, 0.29) is 0 Å². The lowest BCUT2D eigenvalue weighted by Crippen LogP contribution is -2.50. The molecule has 1 heterocycles. The van der Waals surface area contributed by atoms with E-state index < -0.39 is 0 Å². The quantitative estimate of drug-likeness (QED) is 0.858. The number of nitrogens with zero attached hydrogens (tertiary/aromatic N) is 1. The summed E-state index contributed by atoms with van der Waals surface area (Å²) in [5, 5.41) is 3.38. The first-order valence-corrected chi connectivity index (χ1v) is 9.26. The molecule has 0 bridgehead atoms. The first kappa shape index (κ1) is 16.0. The zero-order valence-electron chi connectivity index (χ0n) is 14.2. The molecule has 0 atom stereocenters. The number of nitrogens with one attached hydrogen (secondary N) is 1. The van der Waals surface area contributed by atoms with Crippen LogP contribution >= 0.6 is 0 Å². The molecule has 2 fully saturated rings. The molecule has 1 saturated heterocycles. The third-order valence-electron chi connectivity index (χ3n) is 6.03. The van der Waals surface area contributed by atoms with Crippen molar-refractivity contribution < 1.29 is 0 Å². The van der Waals surface area contributed by atoms with Crippen LogP contribution in [0.25, 0.3) is 0 Å². The molecule has 0 aromatic heterocycles. The Morgan fingerprint density at radius 2 is 1.77 bits per heavy atom. The van der Waals surface area contributed by atoms with Gasteiger partial charge in [-0.3, -0.25) is 4.90 Å². The summed E-state index contributed by atoms with van der Waals surface area (Å²) < 4.78 is 0. The van der Waals surface area contributed by atoms with Crippen LogP contribution in [0.15, 0.2) is 30.3 Å². The molecule has 0 spiro atoms. The van der Waals surface area contributed by atoms with E-state index in [9.17, 15) is 0 Å². The van der Waals surface area contributed by atoms with Crippen molar-refractivity contribution in [2.45, 2.75) is 56.9 Å². The minimum atomic E-state index is 0.497. The van der Waals surface area contributed by atoms with Crippen LogP contribution in [0.3, 0.4) is 0 Å². The van der Waals surface area contributed by atoms with E-state index in [2.05, 4.69) is 47.6 Å². The number of benzene rings is 1. The van der Waals surface area contributed by atoms with E-state index in [0.717, 1.165) is 5.92 Å². The maximum absolute atomic E-state index is 3.38. The van der Waals surface area contributed by atoms with Gasteiger partial charge in [-0.1, -0.05) is 30.3 Å². The molecule has 2 nitrogen and oxygen atoms in total. The molecule has 0 radical (unpaired) electrons. The molecule has 3 rings (SSSR count). The SMILES string of the molecule is CNCC1CCC(CCc2ccccc2)(N2CCCC2)CC1. The highest BCUT2D eigenvalue weighted by Crippen LogP contribution is 2.41. The van der Waals surface area contributed by atoms with Crippen LogP contribution in [-0.2, 0) is 6.42 Å². The van der Waals surface area contributed by atoms with Crippen LogP contribution in [0, 0.1) is 5.92 Å². The van der Waals surface area contributed by atoms with Gasteiger partial charge in [0.25, 0.3) is 0 Å². The molecule has 1 aromatic rings. The molecule has 2 aliphatic rings. The van der Waals surface area contributed by atoms with Crippen molar-refractivity contribution in [3.63, 3.8) is 0 Å². The lowest BCUT2D eigenvalue weighted by atomic mass is 9.72. The zero-order chi connectivity index (χ0) is 15.3. The monoisotopic (exact) mass is 300 g/mol. The van der Waals surface area contributed by atoms with Gasteiger partial charge in [-0.25, -0.2) is 0 Å². The second-order valence-electron chi connectivity index (χ2n) is 7.41. The highest BCUT2D eigenvalue weighted by Gasteiger charge is 2.40. The van der Waals surface area contributed by atoms with Gasteiger partial charge >= 0.3 is 0 Å². The Morgan fingerprint density at radius 1 is 1.09 bits per heavy atom. The fourth-order valence-electron chi connectivity index (χ4n) is 4.65. The molecule has 1 aliphatic heterocycles. The maximum Gasteiger partial charge on any atom is 0.0213 e. The molecule has 0 unspecified atom stereocenters. The number of rotatable bonds is 6. The molecule has 1 aliphatic carbocycles. The van der Waals surface area contributed by atoms with Gasteiger partial charge in [-0.15, -0.1) is 0 Å². The van der Waals surface area contributed by atoms with E-state index in [1.54, 1.807) is 0 Å². The Labute approximate surface area is 136 Å². The lowest BCUT2D eigenvalue weighted by molar-refractivity contribution is 0.0481. The maximum atomic E-state index is 3.38. The highest BCUT2D eigenvalue weighted by atomic mass is 15.2. The Balaban J connectivity index is 1.65. The summed E-state index contributed by atoms with van der Waals surface area (Å²) in [5.74, 6) is 0.900. The molecule has 2 heteroatoms. The standard InChI is InChI=1S/C20H32N2/c1-21-17-19-10-13-20(14-11-19,22-15-5-6-16-22)12-9-18-7-3-2-4-8-18/h2-4,7-8,19,21H,5-6,9-17H2,1H3. The number of aryl methyl sites for hydroxylation is 1. The summed E-state index contributed by atoms with van der Waals surface area (Å²) >= 11 is 0. The second-order valence-corrected chi connectivity index (χ2v) is 7.41.